The van der Waals surface area contributed by atoms with Crippen LogP contribution in [0, 0.1) is 148 Å². The summed E-state index contributed by atoms with van der Waals surface area (Å²) in [6.45, 7) is 3.69. The molecule has 0 spiro atoms. The lowest BCUT2D eigenvalue weighted by atomic mass is 10.1. The van der Waals surface area contributed by atoms with Crippen LogP contribution in [0.4, 0.5) is 11.5 Å². The van der Waals surface area contributed by atoms with Crippen molar-refractivity contribution in [1.82, 2.24) is 15.0 Å². The predicted octanol–water partition coefficient (Wildman–Crippen LogP) is 7.16. The Morgan fingerprint density at radius 2 is 1.41 bits per heavy atom. The molecular formula is C50H48N10O6. The molecular weight excluding hydrogens is 837 g/mol. The number of anilines is 2. The van der Waals surface area contributed by atoms with Gasteiger partial charge in [0.2, 0.25) is 10.4 Å². The first-order valence-electron chi connectivity index (χ1n) is 18.0. The van der Waals surface area contributed by atoms with Crippen molar-refractivity contribution in [3.63, 3.8) is 0 Å². The number of pyridine rings is 1. The summed E-state index contributed by atoms with van der Waals surface area (Å²) in [4.78, 5) is 28.3. The van der Waals surface area contributed by atoms with Crippen LogP contribution in [0.2, 0.25) is 0 Å². The minimum Gasteiger partial charge on any atom is -0.504 e. The molecule has 1 unspecified atom stereocenters. The molecule has 0 saturated carbocycles. The topological polar surface area (TPSA) is 228 Å². The Bertz CT molecular complexity index is 3240. The Balaban J connectivity index is -0.000000161. The normalized spacial score (nSPS) is 8.68. The number of aromatic nitrogens is 3. The third-order valence-electron chi connectivity index (χ3n) is 6.72. The number of nitrogens with one attached hydrogen (secondary N) is 2. The van der Waals surface area contributed by atoms with Gasteiger partial charge in [0, 0.05) is 72.0 Å². The largest absolute Gasteiger partial charge is 0.504 e. The average molecular weight is 885 g/mol. The Labute approximate surface area is 394 Å². The highest BCUT2D eigenvalue weighted by Gasteiger charge is 2.12. The van der Waals surface area contributed by atoms with Gasteiger partial charge in [-0.05, 0) is 157 Å². The van der Waals surface area contributed by atoms with Gasteiger partial charge in [-0.1, -0.05) is 18.1 Å². The number of phenols is 1. The highest BCUT2D eigenvalue weighted by molar-refractivity contribution is 6.04. The molecule has 0 aliphatic carbocycles. The SMILES string of the molecule is C#CC#CC#CC#CC#CC#CC#CC#CC#CC#CC#CC#CC.COc1cc(-c2cncc(NC(C)c3cccc(NC(=O)c4cccnc4)c3)n2)ccc1O.NN=NN=[N+]([O-])OO.[HH].[HH].[HH].[HH].[HH].[HH].[HH].[HH].[HH]. The van der Waals surface area contributed by atoms with Gasteiger partial charge in [-0.3, -0.25) is 25.9 Å². The van der Waals surface area contributed by atoms with E-state index in [2.05, 4.69) is 188 Å². The second-order valence-electron chi connectivity index (χ2n) is 11.0. The highest BCUT2D eigenvalue weighted by Crippen LogP contribution is 2.31. The van der Waals surface area contributed by atoms with Gasteiger partial charge in [0.15, 0.2) is 11.5 Å². The molecule has 2 heterocycles. The molecule has 66 heavy (non-hydrogen) atoms. The molecule has 4 rings (SSSR count). The molecule has 2 aromatic carbocycles. The number of methoxy groups -OCH3 is 1. The summed E-state index contributed by atoms with van der Waals surface area (Å²) in [5, 5.41) is 40.2. The number of nitrogens with zero attached hydrogens (tertiary/aromatic N) is 7. The van der Waals surface area contributed by atoms with Gasteiger partial charge in [0.1, 0.15) is 5.82 Å². The molecule has 0 saturated heterocycles. The molecule has 0 fully saturated rings. The Morgan fingerprint density at radius 1 is 0.818 bits per heavy atom. The molecule has 334 valence electrons. The van der Waals surface area contributed by atoms with Gasteiger partial charge in [-0.15, -0.1) is 6.42 Å². The summed E-state index contributed by atoms with van der Waals surface area (Å²) >= 11 is 0. The lowest BCUT2D eigenvalue weighted by Gasteiger charge is -2.16. The Morgan fingerprint density at radius 3 is 1.92 bits per heavy atom. The summed E-state index contributed by atoms with van der Waals surface area (Å²) in [7, 11) is 1.50. The van der Waals surface area contributed by atoms with E-state index in [9.17, 15) is 15.1 Å². The smallest absolute Gasteiger partial charge is 0.257 e. The summed E-state index contributed by atoms with van der Waals surface area (Å²) in [5.41, 5.74) is 3.56. The van der Waals surface area contributed by atoms with Gasteiger partial charge in [0.05, 0.1) is 47.0 Å². The van der Waals surface area contributed by atoms with Crippen LogP contribution >= 0.6 is 0 Å². The molecule has 0 radical (unpaired) electrons. The number of hydrogen-bond acceptors (Lipinski definition) is 11. The zero-order valence-electron chi connectivity index (χ0n) is 34.9. The second-order valence-corrected chi connectivity index (χ2v) is 11.0. The van der Waals surface area contributed by atoms with Crippen LogP contribution in [0.1, 0.15) is 48.7 Å². The fourth-order valence-electron chi connectivity index (χ4n) is 4.07. The van der Waals surface area contributed by atoms with Crippen LogP contribution in [0.25, 0.3) is 11.3 Å². The molecule has 16 nitrogen and oxygen atoms in total. The van der Waals surface area contributed by atoms with E-state index in [4.69, 9.17) is 16.4 Å². The zero-order chi connectivity index (χ0) is 47.9. The number of benzene rings is 2. The molecule has 4 aromatic rings. The summed E-state index contributed by atoms with van der Waals surface area (Å²) in [6.07, 6.45) is 11.4. The molecule has 0 aliphatic rings. The van der Waals surface area contributed by atoms with Crippen LogP contribution in [0.15, 0.2) is 95.1 Å². The number of amides is 1. The number of hydrogen-bond donors (Lipinski definition) is 5. The van der Waals surface area contributed by atoms with E-state index >= 15 is 0 Å². The Hall–Kier alpha value is -11.2. The first-order valence-corrected chi connectivity index (χ1v) is 18.0. The molecule has 16 heteroatoms. The number of terminal acetylenes is 1. The van der Waals surface area contributed by atoms with Crippen molar-refractivity contribution in [2.75, 3.05) is 17.7 Å². The van der Waals surface area contributed by atoms with Crippen LogP contribution < -0.4 is 21.2 Å². The van der Waals surface area contributed by atoms with Gasteiger partial charge < -0.3 is 30.7 Å². The molecule has 0 bridgehead atoms. The molecule has 1 amide bonds. The van der Waals surface area contributed by atoms with E-state index in [1.807, 2.05) is 31.2 Å². The van der Waals surface area contributed by atoms with Crippen molar-refractivity contribution >= 4 is 17.4 Å². The van der Waals surface area contributed by atoms with Crippen molar-refractivity contribution in [1.29, 1.82) is 0 Å². The Kier molecular flexibility index (Phi) is 25.2. The van der Waals surface area contributed by atoms with Gasteiger partial charge in [-0.25, -0.2) is 4.98 Å². The van der Waals surface area contributed by atoms with E-state index < -0.39 is 5.02 Å². The van der Waals surface area contributed by atoms with E-state index in [-0.39, 0.29) is 30.5 Å². The number of carbonyl (C=O) groups excluding carboxylic acids is 1. The fraction of sp³-hybridized carbons (Fsp3) is 0.0800. The number of aromatic hydroxyl groups is 1. The monoisotopic (exact) mass is 884 g/mol. The minimum absolute atomic E-state index is 0. The first kappa shape index (κ1) is 51.0. The van der Waals surface area contributed by atoms with E-state index in [0.717, 1.165) is 11.1 Å². The fourth-order valence-corrected chi connectivity index (χ4v) is 4.07. The van der Waals surface area contributed by atoms with E-state index in [1.54, 1.807) is 55.8 Å². The summed E-state index contributed by atoms with van der Waals surface area (Å²) in [5.74, 6) is 62.1. The average Bonchev–Trinajstić information content (AvgIpc) is 3.34. The van der Waals surface area contributed by atoms with Crippen molar-refractivity contribution in [2.45, 2.75) is 19.9 Å². The van der Waals surface area contributed by atoms with Crippen molar-refractivity contribution < 1.29 is 42.7 Å². The number of nitrogens with two attached hydrogens (primary N) is 1. The van der Waals surface area contributed by atoms with Crippen molar-refractivity contribution in [3.05, 3.63) is 95.7 Å². The maximum Gasteiger partial charge on any atom is 0.257 e. The minimum atomic E-state index is -0.573. The predicted molar refractivity (Wildman–Crippen MR) is 264 cm³/mol. The van der Waals surface area contributed by atoms with Crippen LogP contribution in [0.5, 0.6) is 11.5 Å². The number of phenolic OH excluding ortho intramolecular Hbond substituents is 1. The zero-order valence-corrected chi connectivity index (χ0v) is 34.9. The van der Waals surface area contributed by atoms with Gasteiger partial charge in [-0.2, -0.15) is 0 Å². The van der Waals surface area contributed by atoms with Crippen LogP contribution in [-0.2, 0) is 4.99 Å². The van der Waals surface area contributed by atoms with Crippen molar-refractivity contribution in [2.24, 2.45) is 21.5 Å². The van der Waals surface area contributed by atoms with Crippen LogP contribution in [0.3, 0.4) is 0 Å². The second kappa shape index (κ2) is 32.6. The van der Waals surface area contributed by atoms with Gasteiger partial charge in [0.25, 0.3) is 5.91 Å². The summed E-state index contributed by atoms with van der Waals surface area (Å²) < 4.78 is 5.18. The molecule has 6 N–H and O–H groups in total. The quantitative estimate of drug-likeness (QED) is 0.0372. The molecule has 1 atom stereocenters. The lowest BCUT2D eigenvalue weighted by molar-refractivity contribution is -0.873. The number of ether oxygens (including phenoxy) is 1. The number of rotatable bonds is 9. The standard InChI is InChI=1S/C25H23N5O3.C25H4.H3N5O3.9H2/c1-16(17-5-3-7-20(11-17)29-25(32)19-6-4-10-26-13-19)28-24-15-27-14-21(30-24)18-8-9-22(31)23(12-18)33-2;1-3-5-7-9-11-13-15-17-19-21-23-25-24-22-20-18-16-14-12-10-8-6-4-2;1-2-3-4-5(6)8-7;;;;;;;;;/h3-16,31H,1-2H3,(H,28,30)(H,29,32);1H,2H3;7H,(H2,1,3);9*1H. The highest BCUT2D eigenvalue weighted by atomic mass is 17.2. The van der Waals surface area contributed by atoms with Gasteiger partial charge >= 0.3 is 0 Å². The first-order chi connectivity index (χ1) is 32.3. The van der Waals surface area contributed by atoms with E-state index in [0.29, 0.717) is 28.5 Å². The molecule has 0 aliphatic heterocycles. The lowest BCUT2D eigenvalue weighted by Crippen LogP contribution is -2.13. The third kappa shape index (κ3) is 22.3. The summed E-state index contributed by atoms with van der Waals surface area (Å²) in [6, 6.07) is 16.0. The van der Waals surface area contributed by atoms with Crippen LogP contribution in [-0.4, -0.2) is 43.4 Å². The number of carbonyl (C=O) groups is 1. The molecule has 2 aromatic heterocycles. The van der Waals surface area contributed by atoms with Crippen molar-refractivity contribution in [3.8, 4) is 165 Å². The maximum absolute atomic E-state index is 12.4. The third-order valence-corrected chi connectivity index (χ3v) is 6.72. The van der Waals surface area contributed by atoms with E-state index in [1.165, 1.54) is 13.3 Å². The maximum atomic E-state index is 12.4.